The van der Waals surface area contributed by atoms with Crippen LogP contribution in [-0.2, 0) is 21.1 Å². The van der Waals surface area contributed by atoms with Gasteiger partial charge in [0.1, 0.15) is 0 Å². The maximum absolute atomic E-state index is 4.03. The third-order valence-corrected chi connectivity index (χ3v) is 3.22. The van der Waals surface area contributed by atoms with E-state index >= 15 is 0 Å². The summed E-state index contributed by atoms with van der Waals surface area (Å²) < 4.78 is 0. The predicted octanol–water partition coefficient (Wildman–Crippen LogP) is 3.76. The molecule has 4 heteroatoms. The van der Waals surface area contributed by atoms with Crippen LogP contribution in [0.3, 0.4) is 0 Å². The van der Waals surface area contributed by atoms with Crippen molar-refractivity contribution in [2.75, 3.05) is 9.80 Å². The molecule has 2 aromatic rings. The number of hydrogen-bond donors (Lipinski definition) is 0. The fourth-order valence-corrected chi connectivity index (χ4v) is 2.30. The molecule has 3 rings (SSSR count). The van der Waals surface area contributed by atoms with Crippen molar-refractivity contribution >= 4 is 17.1 Å². The molecular formula is C16H17N3Pt. The molecule has 106 valence electrons. The zero-order valence-corrected chi connectivity index (χ0v) is 14.0. The van der Waals surface area contributed by atoms with Gasteiger partial charge in [0.2, 0.25) is 0 Å². The Hall–Kier alpha value is -1.34. The van der Waals surface area contributed by atoms with E-state index < -0.39 is 0 Å². The summed E-state index contributed by atoms with van der Waals surface area (Å²) in [6.45, 7) is 8.76. The third-order valence-electron chi connectivity index (χ3n) is 3.22. The van der Waals surface area contributed by atoms with Gasteiger partial charge in [-0.3, -0.25) is 0 Å². The number of fused-ring (bicyclic) bond motifs is 1. The van der Waals surface area contributed by atoms with Crippen LogP contribution < -0.4 is 9.80 Å². The van der Waals surface area contributed by atoms with E-state index in [9.17, 15) is 0 Å². The molecule has 0 amide bonds. The van der Waals surface area contributed by atoms with Crippen LogP contribution >= 0.6 is 0 Å². The first-order valence-electron chi connectivity index (χ1n) is 6.42. The Kier molecular flexibility index (Phi) is 4.19. The van der Waals surface area contributed by atoms with Crippen molar-refractivity contribution < 1.29 is 21.1 Å². The van der Waals surface area contributed by atoms with E-state index in [0.29, 0.717) is 0 Å². The van der Waals surface area contributed by atoms with Crippen LogP contribution in [-0.4, -0.2) is 10.5 Å². The van der Waals surface area contributed by atoms with Crippen LogP contribution in [0.5, 0.6) is 0 Å². The van der Waals surface area contributed by atoms with Gasteiger partial charge in [-0.05, 0) is 32.9 Å². The Morgan fingerprint density at radius 1 is 1.10 bits per heavy atom. The van der Waals surface area contributed by atoms with E-state index in [4.69, 9.17) is 0 Å². The van der Waals surface area contributed by atoms with Crippen molar-refractivity contribution in [1.29, 1.82) is 0 Å². The Morgan fingerprint density at radius 2 is 1.80 bits per heavy atom. The zero-order valence-electron chi connectivity index (χ0n) is 11.8. The molecule has 20 heavy (non-hydrogen) atoms. The first-order chi connectivity index (χ1) is 9.07. The molecule has 0 radical (unpaired) electrons. The molecule has 0 spiro atoms. The van der Waals surface area contributed by atoms with E-state index in [1.807, 2.05) is 6.07 Å². The van der Waals surface area contributed by atoms with Crippen molar-refractivity contribution in [3.05, 3.63) is 55.5 Å². The van der Waals surface area contributed by atoms with Gasteiger partial charge in [0.15, 0.2) is 0 Å². The maximum atomic E-state index is 4.03. The summed E-state index contributed by atoms with van der Waals surface area (Å²) >= 11 is 0. The molecule has 0 bridgehead atoms. The van der Waals surface area contributed by atoms with Crippen molar-refractivity contribution in [3.63, 3.8) is 0 Å². The topological polar surface area (TPSA) is 19.4 Å². The molecule has 0 saturated heterocycles. The Morgan fingerprint density at radius 3 is 2.40 bits per heavy atom. The fourth-order valence-electron chi connectivity index (χ4n) is 2.30. The van der Waals surface area contributed by atoms with E-state index in [2.05, 4.69) is 72.6 Å². The fraction of sp³-hybridized carbons (Fsp3) is 0.250. The molecular weight excluding hydrogens is 429 g/mol. The van der Waals surface area contributed by atoms with E-state index in [-0.39, 0.29) is 26.6 Å². The summed E-state index contributed by atoms with van der Waals surface area (Å²) in [5.41, 5.74) is 3.45. The number of nitrogens with zero attached hydrogens (tertiary/aromatic N) is 3. The van der Waals surface area contributed by atoms with Gasteiger partial charge >= 0.3 is 21.1 Å². The van der Waals surface area contributed by atoms with Gasteiger partial charge in [0.05, 0.1) is 0 Å². The van der Waals surface area contributed by atoms with E-state index in [1.165, 1.54) is 11.4 Å². The number of para-hydroxylation sites is 2. The molecule has 0 aliphatic carbocycles. The van der Waals surface area contributed by atoms with Crippen LogP contribution in [0.4, 0.5) is 17.1 Å². The minimum atomic E-state index is 0. The van der Waals surface area contributed by atoms with Gasteiger partial charge in [-0.1, -0.05) is 24.5 Å². The van der Waals surface area contributed by atoms with Crippen LogP contribution in [0, 0.1) is 12.7 Å². The molecule has 0 unspecified atom stereocenters. The molecule has 0 fully saturated rings. The molecule has 0 N–H and O–H groups in total. The minimum Gasteiger partial charge on any atom is -0.503 e. The first-order valence-corrected chi connectivity index (χ1v) is 6.42. The summed E-state index contributed by atoms with van der Waals surface area (Å²) in [7, 11) is 0. The zero-order chi connectivity index (χ0) is 13.5. The van der Waals surface area contributed by atoms with Gasteiger partial charge in [0.25, 0.3) is 0 Å². The number of aromatic nitrogens is 1. The summed E-state index contributed by atoms with van der Waals surface area (Å²) in [5, 5.41) is 0. The SMILES string of the molecule is CC(C)(C)N1[CH-]N(c2[c-]cncc2)c2ccccc21.[Pt+2]. The quantitative estimate of drug-likeness (QED) is 0.622. The van der Waals surface area contributed by atoms with Crippen LogP contribution in [0.25, 0.3) is 0 Å². The van der Waals surface area contributed by atoms with Gasteiger partial charge < -0.3 is 14.8 Å². The second kappa shape index (κ2) is 5.57. The van der Waals surface area contributed by atoms with Crippen LogP contribution in [0.1, 0.15) is 20.8 Å². The van der Waals surface area contributed by atoms with Gasteiger partial charge in [0, 0.05) is 16.9 Å². The van der Waals surface area contributed by atoms with Crippen LogP contribution in [0.15, 0.2) is 42.7 Å². The minimum absolute atomic E-state index is 0. The summed E-state index contributed by atoms with van der Waals surface area (Å²) in [4.78, 5) is 8.47. The van der Waals surface area contributed by atoms with Crippen molar-refractivity contribution in [2.45, 2.75) is 26.3 Å². The van der Waals surface area contributed by atoms with Gasteiger partial charge in [-0.25, -0.2) is 6.07 Å². The van der Waals surface area contributed by atoms with E-state index in [0.717, 1.165) is 5.69 Å². The second-order valence-electron chi connectivity index (χ2n) is 5.64. The predicted molar refractivity (Wildman–Crippen MR) is 78.2 cm³/mol. The first kappa shape index (κ1) is 15.1. The maximum Gasteiger partial charge on any atom is 2.00 e. The van der Waals surface area contributed by atoms with Crippen molar-refractivity contribution in [1.82, 2.24) is 4.98 Å². The van der Waals surface area contributed by atoms with Gasteiger partial charge in [-0.15, -0.1) is 0 Å². The largest absolute Gasteiger partial charge is 2.00 e. The molecule has 3 nitrogen and oxygen atoms in total. The number of hydrogen-bond acceptors (Lipinski definition) is 3. The normalized spacial score (nSPS) is 13.9. The number of pyridine rings is 1. The molecule has 1 aliphatic rings. The Balaban J connectivity index is 0.00000147. The molecule has 1 aromatic heterocycles. The molecule has 2 heterocycles. The summed E-state index contributed by atoms with van der Waals surface area (Å²) in [6, 6.07) is 13.6. The molecule has 1 aliphatic heterocycles. The average Bonchev–Trinajstić information content (AvgIpc) is 2.79. The van der Waals surface area contributed by atoms with Crippen LogP contribution in [0.2, 0.25) is 0 Å². The molecule has 0 saturated carbocycles. The van der Waals surface area contributed by atoms with Crippen molar-refractivity contribution in [2.24, 2.45) is 0 Å². The smallest absolute Gasteiger partial charge is 0.503 e. The average molecular weight is 446 g/mol. The molecule has 0 atom stereocenters. The summed E-state index contributed by atoms with van der Waals surface area (Å²) in [5.74, 6) is 0. The Bertz CT molecular complexity index is 578. The molecule has 1 aromatic carbocycles. The number of anilines is 3. The third kappa shape index (κ3) is 2.60. The second-order valence-corrected chi connectivity index (χ2v) is 5.64. The number of rotatable bonds is 1. The summed E-state index contributed by atoms with van der Waals surface area (Å²) in [6.07, 6.45) is 3.49. The Labute approximate surface area is 134 Å². The monoisotopic (exact) mass is 446 g/mol. The standard InChI is InChI=1S/C16H17N3.Pt/c1-16(2,3)19-12-18(13-8-10-17-11-9-13)14-6-4-5-7-15(14)19;/h4-8,10-12H,1-3H3;/q-2;+2. The number of benzene rings is 1. The van der Waals surface area contributed by atoms with E-state index in [1.54, 1.807) is 12.4 Å². The van der Waals surface area contributed by atoms with Crippen molar-refractivity contribution in [3.8, 4) is 0 Å². The van der Waals surface area contributed by atoms with Gasteiger partial charge in [-0.2, -0.15) is 18.4 Å².